The molecule has 2 aromatic carbocycles. The molecule has 1 aromatic heterocycles. The lowest BCUT2D eigenvalue weighted by molar-refractivity contribution is 0.805. The lowest BCUT2D eigenvalue weighted by Crippen LogP contribution is -2.03. The number of hydrogen-bond donors (Lipinski definition) is 1. The zero-order valence-corrected chi connectivity index (χ0v) is 13.1. The van der Waals surface area contributed by atoms with Crippen LogP contribution in [0, 0.1) is 0 Å². The van der Waals surface area contributed by atoms with Crippen LogP contribution in [0.3, 0.4) is 0 Å². The first-order valence-corrected chi connectivity index (χ1v) is 7.60. The lowest BCUT2D eigenvalue weighted by atomic mass is 10.1. The van der Waals surface area contributed by atoms with Crippen LogP contribution in [0.15, 0.2) is 65.4 Å². The van der Waals surface area contributed by atoms with Crippen LogP contribution in [-0.2, 0) is 13.1 Å². The van der Waals surface area contributed by atoms with Crippen LogP contribution < -0.4 is 5.73 Å². The molecule has 0 bridgehead atoms. The molecule has 0 amide bonds. The average molecular weight is 342 g/mol. The van der Waals surface area contributed by atoms with Crippen LogP contribution in [0.25, 0.3) is 11.4 Å². The fourth-order valence-electron chi connectivity index (χ4n) is 2.35. The molecule has 106 valence electrons. The Morgan fingerprint density at radius 1 is 1.05 bits per heavy atom. The van der Waals surface area contributed by atoms with Crippen LogP contribution >= 0.6 is 15.9 Å². The minimum absolute atomic E-state index is 0.567. The van der Waals surface area contributed by atoms with E-state index < -0.39 is 0 Å². The van der Waals surface area contributed by atoms with Gasteiger partial charge in [-0.1, -0.05) is 52.3 Å². The van der Waals surface area contributed by atoms with E-state index >= 15 is 0 Å². The number of imidazole rings is 1. The molecule has 2 N–H and O–H groups in total. The SMILES string of the molecule is NCc1cccc(Cn2ccnc2-c2ccc(Br)cc2)c1. The van der Waals surface area contributed by atoms with Gasteiger partial charge in [0.2, 0.25) is 0 Å². The Balaban J connectivity index is 1.90. The predicted octanol–water partition coefficient (Wildman–Crippen LogP) is 3.82. The molecule has 0 saturated carbocycles. The summed E-state index contributed by atoms with van der Waals surface area (Å²) in [5.41, 5.74) is 9.19. The van der Waals surface area contributed by atoms with E-state index in [1.807, 2.05) is 36.7 Å². The second-order valence-electron chi connectivity index (χ2n) is 4.91. The molecule has 0 radical (unpaired) electrons. The molecule has 0 aliphatic rings. The Morgan fingerprint density at radius 2 is 1.81 bits per heavy atom. The summed E-state index contributed by atoms with van der Waals surface area (Å²) in [7, 11) is 0. The zero-order chi connectivity index (χ0) is 14.7. The summed E-state index contributed by atoms with van der Waals surface area (Å²) < 4.78 is 3.22. The van der Waals surface area contributed by atoms with Gasteiger partial charge in [0.1, 0.15) is 5.82 Å². The number of benzene rings is 2. The van der Waals surface area contributed by atoms with Gasteiger partial charge in [-0.2, -0.15) is 0 Å². The fourth-order valence-corrected chi connectivity index (χ4v) is 2.61. The molecule has 1 heterocycles. The Bertz CT molecular complexity index is 732. The lowest BCUT2D eigenvalue weighted by Gasteiger charge is -2.09. The summed E-state index contributed by atoms with van der Waals surface area (Å²) in [5, 5.41) is 0. The standard InChI is InChI=1S/C17H16BrN3/c18-16-6-4-15(5-7-16)17-20-8-9-21(17)12-14-3-1-2-13(10-14)11-19/h1-10H,11-12,19H2. The summed E-state index contributed by atoms with van der Waals surface area (Å²) in [6.45, 7) is 1.36. The smallest absolute Gasteiger partial charge is 0.140 e. The van der Waals surface area contributed by atoms with Crippen LogP contribution in [0.4, 0.5) is 0 Å². The summed E-state index contributed by atoms with van der Waals surface area (Å²) in [6, 6.07) is 16.6. The van der Waals surface area contributed by atoms with Crippen molar-refractivity contribution in [1.82, 2.24) is 9.55 Å². The maximum atomic E-state index is 5.70. The number of aromatic nitrogens is 2. The van der Waals surface area contributed by atoms with Crippen molar-refractivity contribution in [1.29, 1.82) is 0 Å². The topological polar surface area (TPSA) is 43.8 Å². The molecule has 3 nitrogen and oxygen atoms in total. The normalized spacial score (nSPS) is 10.8. The van der Waals surface area contributed by atoms with E-state index in [1.165, 1.54) is 5.56 Å². The second kappa shape index (κ2) is 6.24. The van der Waals surface area contributed by atoms with E-state index in [9.17, 15) is 0 Å². The van der Waals surface area contributed by atoms with Crippen molar-refractivity contribution in [2.45, 2.75) is 13.1 Å². The van der Waals surface area contributed by atoms with Crippen LogP contribution in [0.2, 0.25) is 0 Å². The summed E-state index contributed by atoms with van der Waals surface area (Å²) >= 11 is 3.46. The average Bonchev–Trinajstić information content (AvgIpc) is 2.96. The molecule has 0 unspecified atom stereocenters. The van der Waals surface area contributed by atoms with Gasteiger partial charge >= 0.3 is 0 Å². The maximum absolute atomic E-state index is 5.70. The molecule has 0 aliphatic heterocycles. The number of rotatable bonds is 4. The monoisotopic (exact) mass is 341 g/mol. The third-order valence-corrected chi connectivity index (χ3v) is 3.93. The third-order valence-electron chi connectivity index (χ3n) is 3.40. The summed E-state index contributed by atoms with van der Waals surface area (Å²) in [4.78, 5) is 4.48. The van der Waals surface area contributed by atoms with E-state index in [-0.39, 0.29) is 0 Å². The molecule has 0 saturated heterocycles. The minimum atomic E-state index is 0.567. The molecule has 21 heavy (non-hydrogen) atoms. The quantitative estimate of drug-likeness (QED) is 0.783. The van der Waals surface area contributed by atoms with Gasteiger partial charge in [-0.25, -0.2) is 4.98 Å². The first kappa shape index (κ1) is 14.0. The number of nitrogens with two attached hydrogens (primary N) is 1. The Morgan fingerprint density at radius 3 is 2.57 bits per heavy atom. The van der Waals surface area contributed by atoms with Gasteiger partial charge in [0.05, 0.1) is 0 Å². The zero-order valence-electron chi connectivity index (χ0n) is 11.5. The van der Waals surface area contributed by atoms with E-state index in [0.717, 1.165) is 28.0 Å². The molecule has 0 atom stereocenters. The molecule has 0 aliphatic carbocycles. The van der Waals surface area contributed by atoms with Crippen molar-refractivity contribution in [3.05, 3.63) is 76.5 Å². The predicted molar refractivity (Wildman–Crippen MR) is 88.8 cm³/mol. The Labute approximate surface area is 132 Å². The Hall–Kier alpha value is -1.91. The van der Waals surface area contributed by atoms with E-state index in [0.29, 0.717) is 6.54 Å². The van der Waals surface area contributed by atoms with E-state index in [2.05, 4.69) is 49.7 Å². The van der Waals surface area contributed by atoms with E-state index in [4.69, 9.17) is 5.73 Å². The van der Waals surface area contributed by atoms with Gasteiger partial charge in [-0.15, -0.1) is 0 Å². The van der Waals surface area contributed by atoms with E-state index in [1.54, 1.807) is 0 Å². The molecular formula is C17H16BrN3. The number of hydrogen-bond acceptors (Lipinski definition) is 2. The first-order valence-electron chi connectivity index (χ1n) is 6.81. The van der Waals surface area contributed by atoms with Crippen LogP contribution in [-0.4, -0.2) is 9.55 Å². The van der Waals surface area contributed by atoms with Crippen molar-refractivity contribution >= 4 is 15.9 Å². The van der Waals surface area contributed by atoms with Crippen molar-refractivity contribution in [3.8, 4) is 11.4 Å². The highest BCUT2D eigenvalue weighted by Gasteiger charge is 2.06. The van der Waals surface area contributed by atoms with Gasteiger partial charge in [-0.05, 0) is 23.3 Å². The van der Waals surface area contributed by atoms with Crippen LogP contribution in [0.1, 0.15) is 11.1 Å². The second-order valence-corrected chi connectivity index (χ2v) is 5.83. The highest BCUT2D eigenvalue weighted by Crippen LogP contribution is 2.21. The van der Waals surface area contributed by atoms with Crippen molar-refractivity contribution in [2.24, 2.45) is 5.73 Å². The maximum Gasteiger partial charge on any atom is 0.140 e. The van der Waals surface area contributed by atoms with Crippen molar-refractivity contribution < 1.29 is 0 Å². The van der Waals surface area contributed by atoms with Gasteiger partial charge in [0.25, 0.3) is 0 Å². The summed E-state index contributed by atoms with van der Waals surface area (Å²) in [5.74, 6) is 0.973. The van der Waals surface area contributed by atoms with Gasteiger partial charge in [0, 0.05) is 35.5 Å². The van der Waals surface area contributed by atoms with Crippen molar-refractivity contribution in [2.75, 3.05) is 0 Å². The number of nitrogens with zero attached hydrogens (tertiary/aromatic N) is 2. The summed E-state index contributed by atoms with van der Waals surface area (Å²) in [6.07, 6.45) is 3.84. The van der Waals surface area contributed by atoms with Crippen LogP contribution in [0.5, 0.6) is 0 Å². The highest BCUT2D eigenvalue weighted by molar-refractivity contribution is 9.10. The molecule has 0 spiro atoms. The minimum Gasteiger partial charge on any atom is -0.327 e. The van der Waals surface area contributed by atoms with Gasteiger partial charge < -0.3 is 10.3 Å². The molecule has 4 heteroatoms. The largest absolute Gasteiger partial charge is 0.327 e. The molecule has 0 fully saturated rings. The van der Waals surface area contributed by atoms with Gasteiger partial charge in [-0.3, -0.25) is 0 Å². The molecule has 3 aromatic rings. The van der Waals surface area contributed by atoms with Crippen molar-refractivity contribution in [3.63, 3.8) is 0 Å². The number of halogens is 1. The van der Waals surface area contributed by atoms with Gasteiger partial charge in [0.15, 0.2) is 0 Å². The molecular weight excluding hydrogens is 326 g/mol. The highest BCUT2D eigenvalue weighted by atomic mass is 79.9. The fraction of sp³-hybridized carbons (Fsp3) is 0.118. The molecule has 3 rings (SSSR count). The third kappa shape index (κ3) is 3.23. The Kier molecular flexibility index (Phi) is 4.18. The first-order chi connectivity index (χ1) is 10.3.